The molecule has 1 saturated heterocycles. The molecule has 0 saturated carbocycles. The summed E-state index contributed by atoms with van der Waals surface area (Å²) in [5.41, 5.74) is -0.0442. The van der Waals surface area contributed by atoms with E-state index in [9.17, 15) is 9.59 Å². The third kappa shape index (κ3) is 4.57. The van der Waals surface area contributed by atoms with Crippen LogP contribution in [0.15, 0.2) is 24.3 Å². The first kappa shape index (κ1) is 18.5. The summed E-state index contributed by atoms with van der Waals surface area (Å²) in [6, 6.07) is 6.66. The summed E-state index contributed by atoms with van der Waals surface area (Å²) in [4.78, 5) is 24.8. The maximum absolute atomic E-state index is 12.7. The Labute approximate surface area is 143 Å². The second-order valence-corrected chi connectivity index (χ2v) is 6.70. The Bertz CT molecular complexity index is 576. The molecule has 0 spiro atoms. The van der Waals surface area contributed by atoms with Gasteiger partial charge in [0.1, 0.15) is 5.60 Å². The predicted molar refractivity (Wildman–Crippen MR) is 92.1 cm³/mol. The van der Waals surface area contributed by atoms with Crippen LogP contribution >= 0.6 is 0 Å². The van der Waals surface area contributed by atoms with Gasteiger partial charge in [-0.25, -0.2) is 9.59 Å². The standard InChI is InChI=1S/C19H27NO4/c1-4-13-23-17(21)15-7-5-6-8-16(15)18(22)24-19(2,3)14-9-11-20-12-10-14/h5-8,14,20H,4,9-13H2,1-3H3. The molecule has 1 aromatic carbocycles. The van der Waals surface area contributed by atoms with Gasteiger partial charge in [0.25, 0.3) is 0 Å². The molecule has 1 heterocycles. The SMILES string of the molecule is CCCOC(=O)c1ccccc1C(=O)OC(C)(C)C1CCNCC1. The predicted octanol–water partition coefficient (Wildman–Crippen LogP) is 3.19. The number of piperidine rings is 1. The van der Waals surface area contributed by atoms with Gasteiger partial charge in [0.15, 0.2) is 0 Å². The van der Waals surface area contributed by atoms with Gasteiger partial charge in [0.2, 0.25) is 0 Å². The molecule has 1 N–H and O–H groups in total. The fraction of sp³-hybridized carbons (Fsp3) is 0.579. The molecule has 0 bridgehead atoms. The molecule has 0 amide bonds. The van der Waals surface area contributed by atoms with Crippen LogP contribution < -0.4 is 5.32 Å². The molecule has 5 heteroatoms. The van der Waals surface area contributed by atoms with E-state index in [0.29, 0.717) is 12.5 Å². The highest BCUT2D eigenvalue weighted by molar-refractivity contribution is 6.03. The summed E-state index contributed by atoms with van der Waals surface area (Å²) >= 11 is 0. The first-order valence-electron chi connectivity index (χ1n) is 8.66. The van der Waals surface area contributed by atoms with Gasteiger partial charge in [-0.3, -0.25) is 0 Å². The topological polar surface area (TPSA) is 64.6 Å². The largest absolute Gasteiger partial charge is 0.462 e. The number of hydrogen-bond acceptors (Lipinski definition) is 5. The van der Waals surface area contributed by atoms with E-state index in [1.165, 1.54) is 0 Å². The highest BCUT2D eigenvalue weighted by atomic mass is 16.6. The van der Waals surface area contributed by atoms with Crippen LogP contribution in [0.5, 0.6) is 0 Å². The number of benzene rings is 1. The summed E-state index contributed by atoms with van der Waals surface area (Å²) in [5.74, 6) is -0.645. The minimum Gasteiger partial charge on any atom is -0.462 e. The molecule has 0 unspecified atom stereocenters. The van der Waals surface area contributed by atoms with Crippen LogP contribution in [0.3, 0.4) is 0 Å². The van der Waals surface area contributed by atoms with Crippen LogP contribution in [0.25, 0.3) is 0 Å². The van der Waals surface area contributed by atoms with Crippen molar-refractivity contribution < 1.29 is 19.1 Å². The number of rotatable bonds is 6. The molecular weight excluding hydrogens is 306 g/mol. The highest BCUT2D eigenvalue weighted by Crippen LogP contribution is 2.30. The molecule has 0 radical (unpaired) electrons. The van der Waals surface area contributed by atoms with Gasteiger partial charge in [-0.15, -0.1) is 0 Å². The molecule has 1 aliphatic rings. The van der Waals surface area contributed by atoms with Crippen molar-refractivity contribution in [3.63, 3.8) is 0 Å². The van der Waals surface area contributed by atoms with E-state index in [2.05, 4.69) is 5.32 Å². The number of ether oxygens (including phenoxy) is 2. The molecule has 0 aromatic heterocycles. The number of esters is 2. The Balaban J connectivity index is 2.13. The summed E-state index contributed by atoms with van der Waals surface area (Å²) in [7, 11) is 0. The second-order valence-electron chi connectivity index (χ2n) is 6.70. The third-order valence-corrected chi connectivity index (χ3v) is 4.48. The van der Waals surface area contributed by atoms with Crippen molar-refractivity contribution in [1.29, 1.82) is 0 Å². The first-order valence-corrected chi connectivity index (χ1v) is 8.66. The van der Waals surface area contributed by atoms with E-state index in [-0.39, 0.29) is 11.1 Å². The van der Waals surface area contributed by atoms with E-state index in [0.717, 1.165) is 32.4 Å². The van der Waals surface area contributed by atoms with Gasteiger partial charge in [0.05, 0.1) is 17.7 Å². The molecule has 24 heavy (non-hydrogen) atoms. The molecule has 132 valence electrons. The minimum absolute atomic E-state index is 0.261. The molecule has 1 aliphatic heterocycles. The van der Waals surface area contributed by atoms with Gasteiger partial charge in [0, 0.05) is 5.92 Å². The van der Waals surface area contributed by atoms with Crippen LogP contribution in [0.1, 0.15) is 60.7 Å². The normalized spacial score (nSPS) is 15.8. The van der Waals surface area contributed by atoms with Gasteiger partial charge in [-0.05, 0) is 58.3 Å². The van der Waals surface area contributed by atoms with Crippen molar-refractivity contribution in [1.82, 2.24) is 5.32 Å². The zero-order valence-electron chi connectivity index (χ0n) is 14.8. The zero-order chi connectivity index (χ0) is 17.6. The van der Waals surface area contributed by atoms with Crippen LogP contribution in [0.2, 0.25) is 0 Å². The van der Waals surface area contributed by atoms with Crippen LogP contribution in [-0.4, -0.2) is 37.2 Å². The molecule has 0 aliphatic carbocycles. The molecule has 1 fully saturated rings. The second kappa shape index (κ2) is 8.29. The van der Waals surface area contributed by atoms with E-state index in [4.69, 9.17) is 9.47 Å². The van der Waals surface area contributed by atoms with Crippen molar-refractivity contribution >= 4 is 11.9 Å². The van der Waals surface area contributed by atoms with Gasteiger partial charge >= 0.3 is 11.9 Å². The quantitative estimate of drug-likeness (QED) is 0.810. The third-order valence-electron chi connectivity index (χ3n) is 4.48. The summed E-state index contributed by atoms with van der Waals surface area (Å²) in [5, 5.41) is 3.31. The molecule has 2 rings (SSSR count). The maximum atomic E-state index is 12.7. The minimum atomic E-state index is -0.570. The lowest BCUT2D eigenvalue weighted by molar-refractivity contribution is -0.0370. The van der Waals surface area contributed by atoms with E-state index >= 15 is 0 Å². The smallest absolute Gasteiger partial charge is 0.339 e. The molecule has 0 atom stereocenters. The lowest BCUT2D eigenvalue weighted by Gasteiger charge is -2.36. The number of nitrogens with one attached hydrogen (secondary N) is 1. The summed E-state index contributed by atoms with van der Waals surface area (Å²) < 4.78 is 10.9. The Morgan fingerprint density at radius 2 is 1.71 bits per heavy atom. The lowest BCUT2D eigenvalue weighted by atomic mass is 9.83. The Kier molecular flexibility index (Phi) is 6.37. The van der Waals surface area contributed by atoms with Crippen molar-refractivity contribution in [2.45, 2.75) is 45.6 Å². The van der Waals surface area contributed by atoms with Gasteiger partial charge in [-0.2, -0.15) is 0 Å². The average Bonchev–Trinajstić information content (AvgIpc) is 2.60. The van der Waals surface area contributed by atoms with E-state index in [1.54, 1.807) is 24.3 Å². The number of carbonyl (C=O) groups is 2. The monoisotopic (exact) mass is 333 g/mol. The fourth-order valence-electron chi connectivity index (χ4n) is 3.01. The van der Waals surface area contributed by atoms with Crippen LogP contribution in [0.4, 0.5) is 0 Å². The number of carbonyl (C=O) groups excluding carboxylic acids is 2. The van der Waals surface area contributed by atoms with Crippen molar-refractivity contribution in [3.8, 4) is 0 Å². The fourth-order valence-corrected chi connectivity index (χ4v) is 3.01. The maximum Gasteiger partial charge on any atom is 0.339 e. The van der Waals surface area contributed by atoms with Crippen molar-refractivity contribution in [3.05, 3.63) is 35.4 Å². The van der Waals surface area contributed by atoms with Crippen molar-refractivity contribution in [2.24, 2.45) is 5.92 Å². The number of hydrogen-bond donors (Lipinski definition) is 1. The molecular formula is C19H27NO4. The molecule has 1 aromatic rings. The van der Waals surface area contributed by atoms with E-state index in [1.807, 2.05) is 20.8 Å². The average molecular weight is 333 g/mol. The Morgan fingerprint density at radius 1 is 1.12 bits per heavy atom. The van der Waals surface area contributed by atoms with Crippen molar-refractivity contribution in [2.75, 3.05) is 19.7 Å². The Hall–Kier alpha value is -1.88. The molecule has 5 nitrogen and oxygen atoms in total. The summed E-state index contributed by atoms with van der Waals surface area (Å²) in [6.07, 6.45) is 2.68. The van der Waals surface area contributed by atoms with Gasteiger partial charge in [-0.1, -0.05) is 19.1 Å². The van der Waals surface area contributed by atoms with Gasteiger partial charge < -0.3 is 14.8 Å². The van der Waals surface area contributed by atoms with Crippen LogP contribution in [0, 0.1) is 5.92 Å². The highest BCUT2D eigenvalue weighted by Gasteiger charge is 2.35. The lowest BCUT2D eigenvalue weighted by Crippen LogP contribution is -2.43. The summed E-state index contributed by atoms with van der Waals surface area (Å²) in [6.45, 7) is 8.02. The Morgan fingerprint density at radius 3 is 2.29 bits per heavy atom. The van der Waals surface area contributed by atoms with E-state index < -0.39 is 17.5 Å². The first-order chi connectivity index (χ1) is 11.5. The zero-order valence-corrected chi connectivity index (χ0v) is 14.8. The van der Waals surface area contributed by atoms with Crippen LogP contribution in [-0.2, 0) is 9.47 Å².